The maximum absolute atomic E-state index is 3.75. The lowest BCUT2D eigenvalue weighted by atomic mass is 9.99. The fourth-order valence-corrected chi connectivity index (χ4v) is 2.73. The average molecular weight is 298 g/mol. The molecule has 0 bridgehead atoms. The van der Waals surface area contributed by atoms with Gasteiger partial charge in [-0.3, -0.25) is 9.80 Å². The molecule has 0 saturated carbocycles. The smallest absolute Gasteiger partial charge is 0.0161 e. The molecule has 0 N–H and O–H groups in total. The molecular weight excluding hydrogens is 258 g/mol. The van der Waals surface area contributed by atoms with Crippen molar-refractivity contribution in [3.8, 4) is 0 Å². The van der Waals surface area contributed by atoms with Crippen molar-refractivity contribution in [3.63, 3.8) is 0 Å². The molecule has 2 saturated heterocycles. The Morgan fingerprint density at radius 1 is 1.10 bits per heavy atom. The highest BCUT2D eigenvalue weighted by atomic mass is 15.3. The number of nitrogens with zero attached hydrogens (tertiary/aromatic N) is 3. The molecule has 0 aromatic rings. The Kier molecular flexibility index (Phi) is 12.0. The van der Waals surface area contributed by atoms with Crippen LogP contribution in [0.25, 0.3) is 0 Å². The van der Waals surface area contributed by atoms with E-state index in [-0.39, 0.29) is 0 Å². The molecule has 3 nitrogen and oxygen atoms in total. The third kappa shape index (κ3) is 8.60. The minimum absolute atomic E-state index is 0.705. The zero-order valence-corrected chi connectivity index (χ0v) is 15.4. The van der Waals surface area contributed by atoms with E-state index in [1.54, 1.807) is 0 Å². The van der Waals surface area contributed by atoms with Crippen molar-refractivity contribution in [2.24, 2.45) is 5.92 Å². The molecule has 2 rings (SSSR count). The Hall–Kier alpha value is -0.380. The molecule has 0 aliphatic carbocycles. The van der Waals surface area contributed by atoms with Crippen molar-refractivity contribution < 1.29 is 0 Å². The van der Waals surface area contributed by atoms with Crippen molar-refractivity contribution in [1.82, 2.24) is 14.7 Å². The third-order valence-electron chi connectivity index (χ3n) is 4.24. The number of hydrogen-bond acceptors (Lipinski definition) is 3. The number of hydrogen-bond donors (Lipinski definition) is 0. The second kappa shape index (κ2) is 12.2. The standard InChI is InChI=1S/C10H20N2.C6H13N.C2H6/c1-4-5-11-6-8-12(9-7-11)10(2)3;1-3-6-4-7(2)5-6;1-2/h4,10H,1,5-9H2,2-3H3;6H,3-5H2,1-2H3;1-2H3. The predicted molar refractivity (Wildman–Crippen MR) is 96.0 cm³/mol. The molecule has 2 fully saturated rings. The number of rotatable bonds is 4. The van der Waals surface area contributed by atoms with Crippen molar-refractivity contribution in [1.29, 1.82) is 0 Å². The fourth-order valence-electron chi connectivity index (χ4n) is 2.73. The van der Waals surface area contributed by atoms with Crippen molar-refractivity contribution in [2.75, 3.05) is 52.9 Å². The summed E-state index contributed by atoms with van der Waals surface area (Å²) in [7, 11) is 2.17. The number of piperazine rings is 1. The lowest BCUT2D eigenvalue weighted by molar-refractivity contribution is 0.117. The van der Waals surface area contributed by atoms with Gasteiger partial charge in [-0.15, -0.1) is 6.58 Å². The molecule has 2 aliphatic heterocycles. The molecular formula is C18H39N3. The van der Waals surface area contributed by atoms with E-state index in [1.165, 1.54) is 45.7 Å². The first-order chi connectivity index (χ1) is 10.1. The zero-order chi connectivity index (χ0) is 16.3. The highest BCUT2D eigenvalue weighted by Gasteiger charge is 2.20. The molecule has 126 valence electrons. The van der Waals surface area contributed by atoms with E-state index in [0.717, 1.165) is 12.5 Å². The Bertz CT molecular complexity index is 239. The minimum atomic E-state index is 0.705. The molecule has 0 radical (unpaired) electrons. The SMILES string of the molecule is C=CCN1CCN(C(C)C)CC1.CC.CCC1CN(C)C1. The molecule has 0 aromatic carbocycles. The van der Waals surface area contributed by atoms with Gasteiger partial charge in [0.05, 0.1) is 0 Å². The first kappa shape index (κ1) is 20.6. The van der Waals surface area contributed by atoms with Gasteiger partial charge in [0.2, 0.25) is 0 Å². The van der Waals surface area contributed by atoms with E-state index in [9.17, 15) is 0 Å². The van der Waals surface area contributed by atoms with E-state index >= 15 is 0 Å². The first-order valence-corrected chi connectivity index (χ1v) is 8.82. The Labute approximate surface area is 134 Å². The molecule has 0 atom stereocenters. The minimum Gasteiger partial charge on any atom is -0.306 e. The summed E-state index contributed by atoms with van der Waals surface area (Å²) in [5, 5.41) is 0. The van der Waals surface area contributed by atoms with E-state index in [0.29, 0.717) is 6.04 Å². The van der Waals surface area contributed by atoms with Gasteiger partial charge >= 0.3 is 0 Å². The molecule has 2 aliphatic rings. The van der Waals surface area contributed by atoms with E-state index in [1.807, 2.05) is 19.9 Å². The van der Waals surface area contributed by atoms with Gasteiger partial charge < -0.3 is 4.90 Å². The lowest BCUT2D eigenvalue weighted by Gasteiger charge is -2.36. The Morgan fingerprint density at radius 3 is 1.90 bits per heavy atom. The maximum Gasteiger partial charge on any atom is 0.0161 e. The van der Waals surface area contributed by atoms with Gasteiger partial charge in [0, 0.05) is 51.9 Å². The summed E-state index contributed by atoms with van der Waals surface area (Å²) in [6, 6.07) is 0.705. The summed E-state index contributed by atoms with van der Waals surface area (Å²) in [6.45, 7) is 23.1. The van der Waals surface area contributed by atoms with Crippen LogP contribution in [0.3, 0.4) is 0 Å². The molecule has 0 spiro atoms. The fraction of sp³-hybridized carbons (Fsp3) is 0.889. The van der Waals surface area contributed by atoms with Crippen LogP contribution in [-0.2, 0) is 0 Å². The van der Waals surface area contributed by atoms with Gasteiger partial charge in [-0.25, -0.2) is 0 Å². The average Bonchev–Trinajstić information content (AvgIpc) is 2.47. The highest BCUT2D eigenvalue weighted by molar-refractivity contribution is 4.79. The van der Waals surface area contributed by atoms with Crippen LogP contribution >= 0.6 is 0 Å². The largest absolute Gasteiger partial charge is 0.306 e. The van der Waals surface area contributed by atoms with Crippen molar-refractivity contribution in [2.45, 2.75) is 47.1 Å². The third-order valence-corrected chi connectivity index (χ3v) is 4.24. The van der Waals surface area contributed by atoms with Crippen LogP contribution in [0.4, 0.5) is 0 Å². The van der Waals surface area contributed by atoms with Crippen LogP contribution in [-0.4, -0.2) is 73.6 Å². The van der Waals surface area contributed by atoms with Crippen LogP contribution in [0.2, 0.25) is 0 Å². The van der Waals surface area contributed by atoms with Gasteiger partial charge in [0.15, 0.2) is 0 Å². The van der Waals surface area contributed by atoms with Gasteiger partial charge in [0.1, 0.15) is 0 Å². The highest BCUT2D eigenvalue weighted by Crippen LogP contribution is 2.14. The Balaban J connectivity index is 0.000000377. The lowest BCUT2D eigenvalue weighted by Crippen LogP contribution is -2.48. The molecule has 3 heteroatoms. The maximum atomic E-state index is 3.75. The molecule has 2 heterocycles. The topological polar surface area (TPSA) is 9.72 Å². The van der Waals surface area contributed by atoms with Crippen molar-refractivity contribution >= 4 is 0 Å². The molecule has 0 aromatic heterocycles. The normalized spacial score (nSPS) is 20.9. The van der Waals surface area contributed by atoms with Gasteiger partial charge in [-0.05, 0) is 26.8 Å². The van der Waals surface area contributed by atoms with Crippen LogP contribution in [0.1, 0.15) is 41.0 Å². The van der Waals surface area contributed by atoms with Gasteiger partial charge in [-0.1, -0.05) is 33.3 Å². The summed E-state index contributed by atoms with van der Waals surface area (Å²) in [6.07, 6.45) is 3.36. The van der Waals surface area contributed by atoms with Crippen LogP contribution in [0.15, 0.2) is 12.7 Å². The molecule has 0 amide bonds. The number of likely N-dealkylation sites (tertiary alicyclic amines) is 1. The monoisotopic (exact) mass is 297 g/mol. The Morgan fingerprint density at radius 2 is 1.62 bits per heavy atom. The molecule has 21 heavy (non-hydrogen) atoms. The van der Waals surface area contributed by atoms with Crippen LogP contribution in [0, 0.1) is 5.92 Å². The second-order valence-electron chi connectivity index (χ2n) is 6.21. The van der Waals surface area contributed by atoms with E-state index in [2.05, 4.69) is 49.1 Å². The summed E-state index contributed by atoms with van der Waals surface area (Å²) >= 11 is 0. The van der Waals surface area contributed by atoms with Crippen LogP contribution < -0.4 is 0 Å². The summed E-state index contributed by atoms with van der Waals surface area (Å²) in [4.78, 5) is 7.33. The molecule has 0 unspecified atom stereocenters. The first-order valence-electron chi connectivity index (χ1n) is 8.82. The van der Waals surface area contributed by atoms with Crippen molar-refractivity contribution in [3.05, 3.63) is 12.7 Å². The quantitative estimate of drug-likeness (QED) is 0.738. The summed E-state index contributed by atoms with van der Waals surface area (Å²) in [5.74, 6) is 1.02. The van der Waals surface area contributed by atoms with E-state index in [4.69, 9.17) is 0 Å². The predicted octanol–water partition coefficient (Wildman–Crippen LogP) is 3.18. The second-order valence-corrected chi connectivity index (χ2v) is 6.21. The van der Waals surface area contributed by atoms with E-state index < -0.39 is 0 Å². The van der Waals surface area contributed by atoms with Gasteiger partial charge in [0.25, 0.3) is 0 Å². The summed E-state index contributed by atoms with van der Waals surface area (Å²) < 4.78 is 0. The summed E-state index contributed by atoms with van der Waals surface area (Å²) in [5.41, 5.74) is 0. The van der Waals surface area contributed by atoms with Crippen LogP contribution in [0.5, 0.6) is 0 Å². The zero-order valence-electron chi connectivity index (χ0n) is 15.4. The van der Waals surface area contributed by atoms with Gasteiger partial charge in [-0.2, -0.15) is 0 Å².